The van der Waals surface area contributed by atoms with Gasteiger partial charge in [0.1, 0.15) is 0 Å². The van der Waals surface area contributed by atoms with Crippen LogP contribution in [0.5, 0.6) is 0 Å². The van der Waals surface area contributed by atoms with Crippen LogP contribution in [0.3, 0.4) is 0 Å². The monoisotopic (exact) mass is 602 g/mol. The molecule has 0 saturated carbocycles. The number of hydrogen-bond donors (Lipinski definition) is 0. The average molecular weight is 603 g/mol. The van der Waals surface area contributed by atoms with Crippen molar-refractivity contribution < 1.29 is 0 Å². The SMILES string of the molecule is c1ccc(-c2nc(-c3ccccc3)nc(-n3c4ccccc4c4c5c(ccc43)N(c3ccccc3)c3cccc4ccn-5c34)n2)cc1. The molecule has 220 valence electrons. The third kappa shape index (κ3) is 3.82. The number of anilines is 3. The first kappa shape index (κ1) is 25.8. The van der Waals surface area contributed by atoms with Gasteiger partial charge in [0.15, 0.2) is 11.6 Å². The van der Waals surface area contributed by atoms with Gasteiger partial charge in [-0.3, -0.25) is 4.57 Å². The molecule has 0 aliphatic carbocycles. The Labute approximate surface area is 270 Å². The number of aromatic nitrogens is 5. The molecule has 0 N–H and O–H groups in total. The molecule has 47 heavy (non-hydrogen) atoms. The van der Waals surface area contributed by atoms with Crippen LogP contribution in [-0.4, -0.2) is 24.1 Å². The Bertz CT molecular complexity index is 2560. The fourth-order valence-electron chi connectivity index (χ4n) is 7.10. The Hall–Kier alpha value is -6.53. The average Bonchev–Trinajstić information content (AvgIpc) is 3.73. The minimum Gasteiger partial charge on any atom is -0.312 e. The maximum absolute atomic E-state index is 5.13. The van der Waals surface area contributed by atoms with Crippen molar-refractivity contribution in [3.05, 3.63) is 158 Å². The number of rotatable bonds is 4. The minimum atomic E-state index is 0.581. The molecule has 9 aromatic rings. The van der Waals surface area contributed by atoms with E-state index in [-0.39, 0.29) is 0 Å². The molecule has 4 heterocycles. The predicted octanol–water partition coefficient (Wildman–Crippen LogP) is 10.0. The van der Waals surface area contributed by atoms with Crippen LogP contribution in [0.4, 0.5) is 17.1 Å². The van der Waals surface area contributed by atoms with Crippen molar-refractivity contribution in [3.8, 4) is 34.4 Å². The molecular formula is C41H26N6. The Morgan fingerprint density at radius 3 is 1.85 bits per heavy atom. The molecule has 6 heteroatoms. The number of benzene rings is 6. The second-order valence-electron chi connectivity index (χ2n) is 11.8. The zero-order valence-corrected chi connectivity index (χ0v) is 25.2. The predicted molar refractivity (Wildman–Crippen MR) is 190 cm³/mol. The molecule has 0 atom stereocenters. The standard InChI is InChI=1S/C41H26N6/c1-4-13-28(14-5-1)39-42-40(29-15-6-2-7-16-29)44-41(43-39)47-32-21-11-10-20-31(32)36-33(47)23-24-35-38(36)45-26-25-27-17-12-22-34(37(27)45)46(35)30-18-8-3-9-19-30/h1-26H. The molecule has 0 fully saturated rings. The summed E-state index contributed by atoms with van der Waals surface area (Å²) in [5, 5.41) is 3.48. The van der Waals surface area contributed by atoms with Crippen LogP contribution < -0.4 is 4.90 Å². The number of fused-ring (bicyclic) bond motifs is 6. The molecule has 0 bridgehead atoms. The van der Waals surface area contributed by atoms with E-state index >= 15 is 0 Å². The molecule has 0 unspecified atom stereocenters. The highest BCUT2D eigenvalue weighted by Gasteiger charge is 2.30. The lowest BCUT2D eigenvalue weighted by Gasteiger charge is -2.33. The molecule has 3 aromatic heterocycles. The van der Waals surface area contributed by atoms with Crippen LogP contribution in [0.15, 0.2) is 158 Å². The van der Waals surface area contributed by atoms with E-state index in [1.54, 1.807) is 0 Å². The van der Waals surface area contributed by atoms with Gasteiger partial charge in [0.05, 0.1) is 33.6 Å². The minimum absolute atomic E-state index is 0.581. The van der Waals surface area contributed by atoms with E-state index in [1.165, 1.54) is 10.9 Å². The van der Waals surface area contributed by atoms with E-state index < -0.39 is 0 Å². The first-order valence-electron chi connectivity index (χ1n) is 15.7. The molecule has 6 aromatic carbocycles. The fourth-order valence-corrected chi connectivity index (χ4v) is 7.10. The number of para-hydroxylation sites is 3. The smallest absolute Gasteiger partial charge is 0.238 e. The molecule has 1 aliphatic heterocycles. The summed E-state index contributed by atoms with van der Waals surface area (Å²) in [7, 11) is 0. The highest BCUT2D eigenvalue weighted by Crippen LogP contribution is 2.50. The molecule has 0 radical (unpaired) electrons. The molecule has 0 amide bonds. The molecule has 1 aliphatic rings. The maximum Gasteiger partial charge on any atom is 0.238 e. The normalized spacial score (nSPS) is 12.2. The summed E-state index contributed by atoms with van der Waals surface area (Å²) in [5.74, 6) is 1.85. The second-order valence-corrected chi connectivity index (χ2v) is 11.8. The Morgan fingerprint density at radius 1 is 0.468 bits per heavy atom. The Kier molecular flexibility index (Phi) is 5.48. The second kappa shape index (κ2) is 9.99. The van der Waals surface area contributed by atoms with Gasteiger partial charge in [-0.25, -0.2) is 4.98 Å². The fraction of sp³-hybridized carbons (Fsp3) is 0. The van der Waals surface area contributed by atoms with Gasteiger partial charge in [-0.2, -0.15) is 9.97 Å². The lowest BCUT2D eigenvalue weighted by Crippen LogP contribution is -2.18. The van der Waals surface area contributed by atoms with Gasteiger partial charge < -0.3 is 9.47 Å². The summed E-state index contributed by atoms with van der Waals surface area (Å²) in [6.07, 6.45) is 2.20. The van der Waals surface area contributed by atoms with Crippen LogP contribution >= 0.6 is 0 Å². The topological polar surface area (TPSA) is 51.8 Å². The Balaban J connectivity index is 1.32. The van der Waals surface area contributed by atoms with Crippen molar-refractivity contribution in [1.29, 1.82) is 0 Å². The highest BCUT2D eigenvalue weighted by atomic mass is 15.2. The highest BCUT2D eigenvalue weighted by molar-refractivity contribution is 6.18. The van der Waals surface area contributed by atoms with Crippen molar-refractivity contribution in [2.75, 3.05) is 4.90 Å². The Morgan fingerprint density at radius 2 is 1.13 bits per heavy atom. The summed E-state index contributed by atoms with van der Waals surface area (Å²) in [6, 6.07) is 52.6. The first-order chi connectivity index (χ1) is 23.3. The number of hydrogen-bond acceptors (Lipinski definition) is 4. The van der Waals surface area contributed by atoms with Gasteiger partial charge in [-0.15, -0.1) is 0 Å². The van der Waals surface area contributed by atoms with Gasteiger partial charge >= 0.3 is 0 Å². The van der Waals surface area contributed by atoms with Crippen LogP contribution in [0, 0.1) is 0 Å². The van der Waals surface area contributed by atoms with Gasteiger partial charge in [0.25, 0.3) is 0 Å². The van der Waals surface area contributed by atoms with Crippen molar-refractivity contribution in [1.82, 2.24) is 24.1 Å². The third-order valence-electron chi connectivity index (χ3n) is 9.10. The summed E-state index contributed by atoms with van der Waals surface area (Å²) in [6.45, 7) is 0. The lowest BCUT2D eigenvalue weighted by molar-refractivity contribution is 0.953. The van der Waals surface area contributed by atoms with Crippen molar-refractivity contribution in [2.24, 2.45) is 0 Å². The zero-order valence-electron chi connectivity index (χ0n) is 25.2. The molecule has 0 saturated heterocycles. The quantitative estimate of drug-likeness (QED) is 0.201. The number of nitrogens with zero attached hydrogens (tertiary/aromatic N) is 6. The van der Waals surface area contributed by atoms with E-state index in [0.717, 1.165) is 55.7 Å². The van der Waals surface area contributed by atoms with Crippen molar-refractivity contribution in [3.63, 3.8) is 0 Å². The van der Waals surface area contributed by atoms with E-state index in [2.05, 4.69) is 111 Å². The van der Waals surface area contributed by atoms with Crippen molar-refractivity contribution >= 4 is 49.8 Å². The van der Waals surface area contributed by atoms with Gasteiger partial charge in [0.2, 0.25) is 5.95 Å². The van der Waals surface area contributed by atoms with E-state index in [4.69, 9.17) is 15.0 Å². The molecular weight excluding hydrogens is 576 g/mol. The first-order valence-corrected chi connectivity index (χ1v) is 15.7. The molecule has 0 spiro atoms. The molecule has 10 rings (SSSR count). The van der Waals surface area contributed by atoms with E-state index in [1.807, 2.05) is 60.7 Å². The van der Waals surface area contributed by atoms with Gasteiger partial charge in [0, 0.05) is 39.2 Å². The van der Waals surface area contributed by atoms with Crippen LogP contribution in [0.1, 0.15) is 0 Å². The summed E-state index contributed by atoms with van der Waals surface area (Å²) in [5.41, 5.74) is 9.67. The van der Waals surface area contributed by atoms with Crippen LogP contribution in [0.2, 0.25) is 0 Å². The van der Waals surface area contributed by atoms with E-state index in [0.29, 0.717) is 17.6 Å². The lowest BCUT2D eigenvalue weighted by atomic mass is 10.0. The maximum atomic E-state index is 5.13. The van der Waals surface area contributed by atoms with Crippen LogP contribution in [-0.2, 0) is 0 Å². The van der Waals surface area contributed by atoms with E-state index in [9.17, 15) is 0 Å². The van der Waals surface area contributed by atoms with Crippen molar-refractivity contribution in [2.45, 2.75) is 0 Å². The third-order valence-corrected chi connectivity index (χ3v) is 9.10. The molecule has 6 nitrogen and oxygen atoms in total. The van der Waals surface area contributed by atoms with Gasteiger partial charge in [-0.05, 0) is 42.5 Å². The zero-order chi connectivity index (χ0) is 30.9. The summed E-state index contributed by atoms with van der Waals surface area (Å²) in [4.78, 5) is 17.6. The van der Waals surface area contributed by atoms with Gasteiger partial charge in [-0.1, -0.05) is 109 Å². The summed E-state index contributed by atoms with van der Waals surface area (Å²) >= 11 is 0. The largest absolute Gasteiger partial charge is 0.312 e. The summed E-state index contributed by atoms with van der Waals surface area (Å²) < 4.78 is 4.55. The van der Waals surface area contributed by atoms with Crippen LogP contribution in [0.25, 0.3) is 67.1 Å².